The zero-order valence-electron chi connectivity index (χ0n) is 12.0. The lowest BCUT2D eigenvalue weighted by molar-refractivity contribution is -0.107. The van der Waals surface area contributed by atoms with Crippen LogP contribution in [-0.4, -0.2) is 23.9 Å². The van der Waals surface area contributed by atoms with Gasteiger partial charge in [-0.1, -0.05) is 24.5 Å². The van der Waals surface area contributed by atoms with Crippen molar-refractivity contribution in [3.8, 4) is 0 Å². The maximum Gasteiger partial charge on any atom is 0.0644 e. The Labute approximate surface area is 117 Å². The van der Waals surface area contributed by atoms with Gasteiger partial charge in [-0.3, -0.25) is 0 Å². The second-order valence-corrected chi connectivity index (χ2v) is 6.56. The number of allylic oxidation sites excluding steroid dienone is 1. The summed E-state index contributed by atoms with van der Waals surface area (Å²) < 4.78 is 6.48. The molecular formula is C17H28O2. The third-order valence-electron chi connectivity index (χ3n) is 5.35. The highest BCUT2D eigenvalue weighted by molar-refractivity contribution is 5.20. The molecule has 108 valence electrons. The molecule has 1 heterocycles. The second-order valence-electron chi connectivity index (χ2n) is 6.56. The number of aliphatic hydroxyl groups is 1. The number of unbranched alkanes of at least 4 members (excludes halogenated alkanes) is 1. The van der Waals surface area contributed by atoms with Crippen LogP contribution in [0.3, 0.4) is 0 Å². The topological polar surface area (TPSA) is 29.5 Å². The minimum absolute atomic E-state index is 0.326. The maximum atomic E-state index is 8.96. The van der Waals surface area contributed by atoms with Crippen LogP contribution < -0.4 is 0 Å². The molecular weight excluding hydrogens is 236 g/mol. The van der Waals surface area contributed by atoms with Gasteiger partial charge in [0.25, 0.3) is 0 Å². The van der Waals surface area contributed by atoms with E-state index in [2.05, 4.69) is 6.08 Å². The van der Waals surface area contributed by atoms with E-state index in [9.17, 15) is 0 Å². The summed E-state index contributed by atoms with van der Waals surface area (Å²) in [5, 5.41) is 8.96. The van der Waals surface area contributed by atoms with Gasteiger partial charge in [0.15, 0.2) is 0 Å². The molecule has 0 amide bonds. The van der Waals surface area contributed by atoms with Crippen molar-refractivity contribution in [2.24, 2.45) is 11.8 Å². The van der Waals surface area contributed by atoms with Gasteiger partial charge in [0.1, 0.15) is 0 Å². The summed E-state index contributed by atoms with van der Waals surface area (Å²) in [6.07, 6.45) is 16.0. The van der Waals surface area contributed by atoms with Crippen molar-refractivity contribution >= 4 is 0 Å². The predicted octanol–water partition coefficient (Wildman–Crippen LogP) is 3.83. The molecule has 0 aromatic carbocycles. The Kier molecular flexibility index (Phi) is 4.60. The van der Waals surface area contributed by atoms with Crippen molar-refractivity contribution in [1.29, 1.82) is 0 Å². The van der Waals surface area contributed by atoms with Crippen LogP contribution in [0.2, 0.25) is 0 Å². The first-order valence-corrected chi connectivity index (χ1v) is 8.36. The Morgan fingerprint density at radius 1 is 1.05 bits per heavy atom. The average molecular weight is 264 g/mol. The summed E-state index contributed by atoms with van der Waals surface area (Å²) in [6.45, 7) is 0.326. The van der Waals surface area contributed by atoms with E-state index < -0.39 is 0 Å². The molecule has 19 heavy (non-hydrogen) atoms. The van der Waals surface area contributed by atoms with Crippen LogP contribution in [0.1, 0.15) is 64.2 Å². The van der Waals surface area contributed by atoms with Crippen molar-refractivity contribution < 1.29 is 9.84 Å². The van der Waals surface area contributed by atoms with E-state index in [0.29, 0.717) is 24.7 Å². The van der Waals surface area contributed by atoms with Crippen molar-refractivity contribution in [2.45, 2.75) is 76.4 Å². The molecule has 1 aliphatic heterocycles. The molecule has 0 radical (unpaired) electrons. The fourth-order valence-corrected chi connectivity index (χ4v) is 4.44. The number of hydrogen-bond donors (Lipinski definition) is 1. The van der Waals surface area contributed by atoms with E-state index in [-0.39, 0.29) is 0 Å². The first-order valence-electron chi connectivity index (χ1n) is 8.36. The van der Waals surface area contributed by atoms with Gasteiger partial charge in [0.2, 0.25) is 0 Å². The minimum Gasteiger partial charge on any atom is -0.396 e. The van der Waals surface area contributed by atoms with Crippen LogP contribution >= 0.6 is 0 Å². The van der Waals surface area contributed by atoms with Gasteiger partial charge in [-0.25, -0.2) is 0 Å². The molecule has 1 saturated carbocycles. The van der Waals surface area contributed by atoms with Crippen molar-refractivity contribution in [3.63, 3.8) is 0 Å². The molecule has 0 aromatic rings. The average Bonchev–Trinajstić information content (AvgIpc) is 2.47. The smallest absolute Gasteiger partial charge is 0.0644 e. The summed E-state index contributed by atoms with van der Waals surface area (Å²) in [6, 6.07) is 0. The zero-order chi connectivity index (χ0) is 13.1. The van der Waals surface area contributed by atoms with Gasteiger partial charge >= 0.3 is 0 Å². The van der Waals surface area contributed by atoms with Crippen LogP contribution in [-0.2, 0) is 4.74 Å². The number of rotatable bonds is 4. The van der Waals surface area contributed by atoms with Gasteiger partial charge in [0, 0.05) is 18.4 Å². The Morgan fingerprint density at radius 2 is 1.89 bits per heavy atom. The quantitative estimate of drug-likeness (QED) is 0.617. The molecule has 1 N–H and O–H groups in total. The summed E-state index contributed by atoms with van der Waals surface area (Å²) in [5.74, 6) is 1.44. The number of aliphatic hydroxyl groups excluding tert-OH is 1. The van der Waals surface area contributed by atoms with Crippen molar-refractivity contribution in [3.05, 3.63) is 11.6 Å². The lowest BCUT2D eigenvalue weighted by atomic mass is 9.68. The Morgan fingerprint density at radius 3 is 2.79 bits per heavy atom. The first kappa shape index (κ1) is 13.6. The van der Waals surface area contributed by atoms with Crippen LogP contribution in [0.15, 0.2) is 11.6 Å². The summed E-state index contributed by atoms with van der Waals surface area (Å²) >= 11 is 0. The van der Waals surface area contributed by atoms with E-state index in [1.54, 1.807) is 5.57 Å². The van der Waals surface area contributed by atoms with E-state index in [1.807, 2.05) is 0 Å². The fraction of sp³-hybridized carbons (Fsp3) is 0.882. The second kappa shape index (κ2) is 6.41. The maximum absolute atomic E-state index is 8.96. The molecule has 3 rings (SSSR count). The number of fused-ring (bicyclic) bond motifs is 3. The Bertz CT molecular complexity index is 323. The highest BCUT2D eigenvalue weighted by Crippen LogP contribution is 2.46. The minimum atomic E-state index is 0.326. The van der Waals surface area contributed by atoms with Gasteiger partial charge < -0.3 is 9.84 Å². The normalized spacial score (nSPS) is 38.3. The molecule has 3 aliphatic rings. The van der Waals surface area contributed by atoms with Crippen LogP contribution in [0.25, 0.3) is 0 Å². The van der Waals surface area contributed by atoms with E-state index >= 15 is 0 Å². The number of ether oxygens (including phenoxy) is 1. The molecule has 0 unspecified atom stereocenters. The standard InChI is InChI=1S/C17H28O2/c18-12-6-5-11-17-14-8-2-1-7-13(14)15-9-3-4-10-16(15)19-17/h7,14-18H,1-6,8-12H2/t14-,15-,16+,17-/m1/s1. The predicted molar refractivity (Wildman–Crippen MR) is 77.0 cm³/mol. The van der Waals surface area contributed by atoms with E-state index in [4.69, 9.17) is 9.84 Å². The lowest BCUT2D eigenvalue weighted by Crippen LogP contribution is -2.45. The molecule has 0 aromatic heterocycles. The van der Waals surface area contributed by atoms with E-state index in [1.165, 1.54) is 44.9 Å². The van der Waals surface area contributed by atoms with Crippen molar-refractivity contribution in [2.75, 3.05) is 6.61 Å². The summed E-state index contributed by atoms with van der Waals surface area (Å²) in [4.78, 5) is 0. The van der Waals surface area contributed by atoms with Crippen LogP contribution in [0, 0.1) is 11.8 Å². The van der Waals surface area contributed by atoms with Gasteiger partial charge in [0.05, 0.1) is 12.2 Å². The molecule has 0 spiro atoms. The van der Waals surface area contributed by atoms with Crippen LogP contribution in [0.5, 0.6) is 0 Å². The van der Waals surface area contributed by atoms with Crippen molar-refractivity contribution in [1.82, 2.24) is 0 Å². The van der Waals surface area contributed by atoms with Crippen LogP contribution in [0.4, 0.5) is 0 Å². The molecule has 2 nitrogen and oxygen atoms in total. The Hall–Kier alpha value is -0.340. The third kappa shape index (κ3) is 2.90. The summed E-state index contributed by atoms with van der Waals surface area (Å²) in [5.41, 5.74) is 1.76. The zero-order valence-corrected chi connectivity index (χ0v) is 12.0. The van der Waals surface area contributed by atoms with Gasteiger partial charge in [-0.05, 0) is 51.4 Å². The first-order chi connectivity index (χ1) is 9.40. The molecule has 1 saturated heterocycles. The fourth-order valence-electron chi connectivity index (χ4n) is 4.44. The highest BCUT2D eigenvalue weighted by Gasteiger charge is 2.42. The molecule has 2 fully saturated rings. The van der Waals surface area contributed by atoms with Gasteiger partial charge in [-0.2, -0.15) is 0 Å². The number of hydrogen-bond acceptors (Lipinski definition) is 2. The largest absolute Gasteiger partial charge is 0.396 e. The monoisotopic (exact) mass is 264 g/mol. The van der Waals surface area contributed by atoms with E-state index in [0.717, 1.165) is 25.2 Å². The molecule has 2 aliphatic carbocycles. The highest BCUT2D eigenvalue weighted by atomic mass is 16.5. The summed E-state index contributed by atoms with van der Waals surface area (Å²) in [7, 11) is 0. The molecule has 4 atom stereocenters. The third-order valence-corrected chi connectivity index (χ3v) is 5.35. The van der Waals surface area contributed by atoms with Gasteiger partial charge in [-0.15, -0.1) is 0 Å². The molecule has 2 heteroatoms. The lowest BCUT2D eigenvalue weighted by Gasteiger charge is -2.47. The molecule has 0 bridgehead atoms. The SMILES string of the molecule is OCCCC[C@H]1O[C@H]2CCCC[C@@H]2C2=CCCC[C@H]21. The Balaban J connectivity index is 1.71.